The fourth-order valence-corrected chi connectivity index (χ4v) is 3.05. The molecule has 24 heavy (non-hydrogen) atoms. The van der Waals surface area contributed by atoms with Crippen LogP contribution in [0.3, 0.4) is 0 Å². The largest absolute Gasteiger partial charge is 0.369 e. The van der Waals surface area contributed by atoms with Crippen molar-refractivity contribution < 1.29 is 14.1 Å². The number of rotatable bonds is 5. The highest BCUT2D eigenvalue weighted by Gasteiger charge is 2.31. The molecular formula is C16H23N5O3. The second-order valence-corrected chi connectivity index (χ2v) is 6.09. The molecule has 1 N–H and O–H groups in total. The van der Waals surface area contributed by atoms with Gasteiger partial charge in [0, 0.05) is 38.4 Å². The van der Waals surface area contributed by atoms with E-state index in [2.05, 4.69) is 20.6 Å². The summed E-state index contributed by atoms with van der Waals surface area (Å²) in [5, 5.41) is 11.2. The number of carbonyl (C=O) groups is 1. The summed E-state index contributed by atoms with van der Waals surface area (Å²) in [4.78, 5) is 16.8. The van der Waals surface area contributed by atoms with Gasteiger partial charge in [-0.15, -0.1) is 0 Å². The molecule has 1 amide bonds. The Balaban J connectivity index is 1.67. The molecule has 8 nitrogen and oxygen atoms in total. The minimum atomic E-state index is -0.136. The fourth-order valence-electron chi connectivity index (χ4n) is 3.05. The van der Waals surface area contributed by atoms with Gasteiger partial charge in [0.2, 0.25) is 5.89 Å². The summed E-state index contributed by atoms with van der Waals surface area (Å²) >= 11 is 0. The van der Waals surface area contributed by atoms with Gasteiger partial charge in [0.25, 0.3) is 5.91 Å². The van der Waals surface area contributed by atoms with Crippen molar-refractivity contribution >= 4 is 5.91 Å². The molecule has 0 aromatic carbocycles. The summed E-state index contributed by atoms with van der Waals surface area (Å²) in [7, 11) is 1.79. The molecule has 1 aliphatic heterocycles. The molecule has 0 unspecified atom stereocenters. The Morgan fingerprint density at radius 2 is 2.21 bits per heavy atom. The van der Waals surface area contributed by atoms with Gasteiger partial charge < -0.3 is 14.6 Å². The Bertz CT molecular complexity index is 736. The van der Waals surface area contributed by atoms with Crippen LogP contribution in [0.15, 0.2) is 4.52 Å². The van der Waals surface area contributed by atoms with Gasteiger partial charge in [0.1, 0.15) is 5.69 Å². The minimum Gasteiger partial charge on any atom is -0.369 e. The second-order valence-electron chi connectivity index (χ2n) is 6.09. The zero-order valence-corrected chi connectivity index (χ0v) is 14.5. The van der Waals surface area contributed by atoms with E-state index < -0.39 is 0 Å². The predicted octanol–water partition coefficient (Wildman–Crippen LogP) is 1.36. The molecular weight excluding hydrogens is 310 g/mol. The van der Waals surface area contributed by atoms with E-state index in [1.54, 1.807) is 11.7 Å². The second kappa shape index (κ2) is 6.72. The first-order valence-corrected chi connectivity index (χ1v) is 8.30. The number of aromatic nitrogens is 4. The first-order chi connectivity index (χ1) is 11.5. The predicted molar refractivity (Wildman–Crippen MR) is 85.6 cm³/mol. The van der Waals surface area contributed by atoms with Crippen LogP contribution in [0.2, 0.25) is 0 Å². The fraction of sp³-hybridized carbons (Fsp3) is 0.625. The van der Waals surface area contributed by atoms with E-state index in [4.69, 9.17) is 9.26 Å². The van der Waals surface area contributed by atoms with E-state index in [-0.39, 0.29) is 18.1 Å². The summed E-state index contributed by atoms with van der Waals surface area (Å²) < 4.78 is 12.5. The Morgan fingerprint density at radius 1 is 1.42 bits per heavy atom. The lowest BCUT2D eigenvalue weighted by Gasteiger charge is -2.24. The lowest BCUT2D eigenvalue weighted by Crippen LogP contribution is -2.30. The van der Waals surface area contributed by atoms with Crippen molar-refractivity contribution in [2.24, 2.45) is 7.05 Å². The maximum atomic E-state index is 12.6. The molecule has 0 saturated heterocycles. The van der Waals surface area contributed by atoms with Crippen LogP contribution in [0.4, 0.5) is 0 Å². The standard InChI is InChI=1S/C16H23N5O3/c1-5-12-18-13(24-20-12)6-7-17-16(22)15-11-8-9(2)23-10(3)14(11)19-21(15)4/h9-10H,5-8H2,1-4H3,(H,17,22)/t9-,10+/m1/s1. The van der Waals surface area contributed by atoms with Gasteiger partial charge >= 0.3 is 0 Å². The van der Waals surface area contributed by atoms with Gasteiger partial charge in [-0.3, -0.25) is 9.48 Å². The van der Waals surface area contributed by atoms with Gasteiger partial charge in [-0.25, -0.2) is 0 Å². The van der Waals surface area contributed by atoms with Crippen molar-refractivity contribution in [2.75, 3.05) is 6.54 Å². The third-order valence-corrected chi connectivity index (χ3v) is 4.16. The molecule has 0 bridgehead atoms. The molecule has 0 saturated carbocycles. The highest BCUT2D eigenvalue weighted by Crippen LogP contribution is 2.30. The van der Waals surface area contributed by atoms with Crippen molar-refractivity contribution in [1.82, 2.24) is 25.2 Å². The highest BCUT2D eigenvalue weighted by atomic mass is 16.5. The molecule has 0 radical (unpaired) electrons. The quantitative estimate of drug-likeness (QED) is 0.888. The molecule has 2 aromatic rings. The zero-order valence-electron chi connectivity index (χ0n) is 14.5. The number of fused-ring (bicyclic) bond motifs is 1. The molecule has 3 heterocycles. The van der Waals surface area contributed by atoms with Crippen molar-refractivity contribution in [2.45, 2.75) is 52.2 Å². The van der Waals surface area contributed by atoms with E-state index in [0.29, 0.717) is 36.8 Å². The van der Waals surface area contributed by atoms with Crippen LogP contribution in [0.25, 0.3) is 0 Å². The third-order valence-electron chi connectivity index (χ3n) is 4.16. The van der Waals surface area contributed by atoms with Crippen LogP contribution in [0.1, 0.15) is 60.3 Å². The van der Waals surface area contributed by atoms with Crippen molar-refractivity contribution in [3.63, 3.8) is 0 Å². The zero-order chi connectivity index (χ0) is 17.3. The first kappa shape index (κ1) is 16.6. The molecule has 0 fully saturated rings. The van der Waals surface area contributed by atoms with Gasteiger partial charge in [-0.05, 0) is 13.8 Å². The SMILES string of the molecule is CCc1noc(CCNC(=O)c2c3c(nn2C)[C@H](C)O[C@H](C)C3)n1. The van der Waals surface area contributed by atoms with Gasteiger partial charge in [0.05, 0.1) is 17.9 Å². The Hall–Kier alpha value is -2.22. The Morgan fingerprint density at radius 3 is 2.92 bits per heavy atom. The van der Waals surface area contributed by atoms with Crippen molar-refractivity contribution in [3.8, 4) is 0 Å². The van der Waals surface area contributed by atoms with Gasteiger partial charge in [-0.2, -0.15) is 10.1 Å². The smallest absolute Gasteiger partial charge is 0.269 e. The Labute approximate surface area is 140 Å². The van der Waals surface area contributed by atoms with E-state index in [9.17, 15) is 4.79 Å². The number of aryl methyl sites for hydroxylation is 2. The molecule has 3 rings (SSSR count). The summed E-state index contributed by atoms with van der Waals surface area (Å²) in [5.41, 5.74) is 2.43. The first-order valence-electron chi connectivity index (χ1n) is 8.30. The topological polar surface area (TPSA) is 95.1 Å². The normalized spacial score (nSPS) is 20.0. The van der Waals surface area contributed by atoms with Crippen LogP contribution >= 0.6 is 0 Å². The van der Waals surface area contributed by atoms with Crippen LogP contribution in [0, 0.1) is 0 Å². The number of nitrogens with one attached hydrogen (secondary N) is 1. The molecule has 0 spiro atoms. The third kappa shape index (κ3) is 3.19. The number of hydrogen-bond acceptors (Lipinski definition) is 6. The highest BCUT2D eigenvalue weighted by molar-refractivity contribution is 5.94. The molecule has 0 aliphatic carbocycles. The maximum Gasteiger partial charge on any atom is 0.269 e. The van der Waals surface area contributed by atoms with Crippen LogP contribution in [0.5, 0.6) is 0 Å². The average molecular weight is 333 g/mol. The maximum absolute atomic E-state index is 12.6. The Kier molecular flexibility index (Phi) is 4.66. The van der Waals surface area contributed by atoms with Crippen molar-refractivity contribution in [1.29, 1.82) is 0 Å². The molecule has 2 aromatic heterocycles. The monoisotopic (exact) mass is 333 g/mol. The number of carbonyl (C=O) groups excluding carboxylic acids is 1. The van der Waals surface area contributed by atoms with E-state index in [0.717, 1.165) is 17.7 Å². The summed E-state index contributed by atoms with van der Waals surface area (Å²) in [6, 6.07) is 0. The van der Waals surface area contributed by atoms with Crippen LogP contribution in [-0.2, 0) is 31.0 Å². The lowest BCUT2D eigenvalue weighted by molar-refractivity contribution is -0.00709. The van der Waals surface area contributed by atoms with E-state index in [1.807, 2.05) is 20.8 Å². The summed E-state index contributed by atoms with van der Waals surface area (Å²) in [6.07, 6.45) is 1.92. The van der Waals surface area contributed by atoms with Crippen LogP contribution in [-0.4, -0.2) is 38.5 Å². The van der Waals surface area contributed by atoms with Crippen molar-refractivity contribution in [3.05, 3.63) is 28.7 Å². The number of ether oxygens (including phenoxy) is 1. The number of nitrogens with zero attached hydrogens (tertiary/aromatic N) is 4. The van der Waals surface area contributed by atoms with E-state index >= 15 is 0 Å². The summed E-state index contributed by atoms with van der Waals surface area (Å²) in [6.45, 7) is 6.37. The molecule has 1 aliphatic rings. The molecule has 8 heteroatoms. The number of amides is 1. The summed E-state index contributed by atoms with van der Waals surface area (Å²) in [5.74, 6) is 1.08. The van der Waals surface area contributed by atoms with Crippen LogP contribution < -0.4 is 5.32 Å². The van der Waals surface area contributed by atoms with Gasteiger partial charge in [0.15, 0.2) is 5.82 Å². The molecule has 130 valence electrons. The van der Waals surface area contributed by atoms with E-state index in [1.165, 1.54) is 0 Å². The molecule has 2 atom stereocenters. The van der Waals surface area contributed by atoms with Gasteiger partial charge in [-0.1, -0.05) is 12.1 Å². The average Bonchev–Trinajstić information content (AvgIpc) is 3.11. The minimum absolute atomic E-state index is 0.0779. The lowest BCUT2D eigenvalue weighted by atomic mass is 9.99. The number of hydrogen-bond donors (Lipinski definition) is 1.